The summed E-state index contributed by atoms with van der Waals surface area (Å²) in [5.74, 6) is 0.635. The number of amides is 1. The Kier molecular flexibility index (Phi) is 5.07. The molecule has 0 N–H and O–H groups in total. The molecule has 3 rings (SSSR count). The number of benzene rings is 1. The fourth-order valence-electron chi connectivity index (χ4n) is 3.21. The summed E-state index contributed by atoms with van der Waals surface area (Å²) in [6, 6.07) is 5.41. The minimum atomic E-state index is -0.577. The van der Waals surface area contributed by atoms with Gasteiger partial charge in [-0.2, -0.15) is 0 Å². The second-order valence-electron chi connectivity index (χ2n) is 7.98. The molecule has 0 spiro atoms. The first-order chi connectivity index (χ1) is 12.1. The van der Waals surface area contributed by atoms with Gasteiger partial charge in [-0.15, -0.1) is 0 Å². The lowest BCUT2D eigenvalue weighted by Gasteiger charge is -2.32. The van der Waals surface area contributed by atoms with Gasteiger partial charge < -0.3 is 23.7 Å². The monoisotopic (exact) mass is 361 g/mol. The van der Waals surface area contributed by atoms with Crippen LogP contribution < -0.4 is 10.2 Å². The molecule has 1 atom stereocenters. The highest BCUT2D eigenvalue weighted by atomic mass is 16.7. The van der Waals surface area contributed by atoms with Crippen LogP contribution in [-0.2, 0) is 14.0 Å². The summed E-state index contributed by atoms with van der Waals surface area (Å²) in [7, 11) is 1.03. The standard InChI is InChI=1S/C19H28BNO5/c1-13-12-21(9-10-24-13)17(22)14-7-8-16(23-6)15(11-14)20-25-18(2,3)19(4,5)26-20/h7-8,11,13H,9-10,12H2,1-6H3. The molecule has 2 aliphatic rings. The summed E-state index contributed by atoms with van der Waals surface area (Å²) in [4.78, 5) is 14.7. The van der Waals surface area contributed by atoms with Crippen LogP contribution >= 0.6 is 0 Å². The fraction of sp³-hybridized carbons (Fsp3) is 0.632. The Labute approximate surface area is 155 Å². The maximum Gasteiger partial charge on any atom is 0.498 e. The van der Waals surface area contributed by atoms with E-state index in [1.165, 1.54) is 0 Å². The molecule has 2 heterocycles. The topological polar surface area (TPSA) is 57.2 Å². The van der Waals surface area contributed by atoms with Crippen molar-refractivity contribution < 1.29 is 23.6 Å². The normalized spacial score (nSPS) is 24.6. The van der Waals surface area contributed by atoms with Gasteiger partial charge >= 0.3 is 7.12 Å². The highest BCUT2D eigenvalue weighted by Gasteiger charge is 2.52. The average molecular weight is 361 g/mol. The molecule has 1 unspecified atom stereocenters. The van der Waals surface area contributed by atoms with Crippen molar-refractivity contribution in [3.63, 3.8) is 0 Å². The maximum atomic E-state index is 12.9. The molecule has 0 saturated carbocycles. The van der Waals surface area contributed by atoms with Crippen molar-refractivity contribution in [2.75, 3.05) is 26.8 Å². The molecule has 142 valence electrons. The van der Waals surface area contributed by atoms with E-state index in [0.29, 0.717) is 31.0 Å². The first kappa shape index (κ1) is 19.2. The van der Waals surface area contributed by atoms with Crippen molar-refractivity contribution in [1.82, 2.24) is 4.90 Å². The minimum absolute atomic E-state index is 0.0134. The van der Waals surface area contributed by atoms with E-state index in [1.807, 2.05) is 45.6 Å². The minimum Gasteiger partial charge on any atom is -0.497 e. The molecule has 0 radical (unpaired) electrons. The predicted octanol–water partition coefficient (Wildman–Crippen LogP) is 1.86. The van der Waals surface area contributed by atoms with Crippen LogP contribution in [0.3, 0.4) is 0 Å². The molecule has 1 aromatic rings. The van der Waals surface area contributed by atoms with Crippen LogP contribution in [0, 0.1) is 0 Å². The summed E-state index contributed by atoms with van der Waals surface area (Å²) in [6.45, 7) is 11.7. The number of methoxy groups -OCH3 is 1. The van der Waals surface area contributed by atoms with Crippen LogP contribution in [0.1, 0.15) is 45.0 Å². The van der Waals surface area contributed by atoms with E-state index in [-0.39, 0.29) is 12.0 Å². The van der Waals surface area contributed by atoms with Gasteiger partial charge in [0.05, 0.1) is 31.0 Å². The molecule has 2 saturated heterocycles. The van der Waals surface area contributed by atoms with Crippen LogP contribution in [0.4, 0.5) is 0 Å². The lowest BCUT2D eigenvalue weighted by Crippen LogP contribution is -2.45. The average Bonchev–Trinajstić information content (AvgIpc) is 2.81. The van der Waals surface area contributed by atoms with Gasteiger partial charge in [-0.1, -0.05) is 0 Å². The van der Waals surface area contributed by atoms with Gasteiger partial charge in [0.15, 0.2) is 0 Å². The first-order valence-corrected chi connectivity index (χ1v) is 9.09. The highest BCUT2D eigenvalue weighted by molar-refractivity contribution is 6.63. The third-order valence-electron chi connectivity index (χ3n) is 5.51. The van der Waals surface area contributed by atoms with Gasteiger partial charge in [0.2, 0.25) is 0 Å². The van der Waals surface area contributed by atoms with Crippen LogP contribution in [0.5, 0.6) is 5.75 Å². The van der Waals surface area contributed by atoms with E-state index in [1.54, 1.807) is 19.2 Å². The number of nitrogens with zero attached hydrogens (tertiary/aromatic N) is 1. The molecule has 1 amide bonds. The third kappa shape index (κ3) is 3.48. The van der Waals surface area contributed by atoms with E-state index in [9.17, 15) is 4.79 Å². The number of carbonyl (C=O) groups is 1. The molecular weight excluding hydrogens is 333 g/mol. The van der Waals surface area contributed by atoms with E-state index < -0.39 is 18.3 Å². The molecule has 1 aromatic carbocycles. The van der Waals surface area contributed by atoms with E-state index >= 15 is 0 Å². The molecule has 0 aliphatic carbocycles. The maximum absolute atomic E-state index is 12.9. The number of ether oxygens (including phenoxy) is 2. The largest absolute Gasteiger partial charge is 0.498 e. The summed E-state index contributed by atoms with van der Waals surface area (Å²) >= 11 is 0. The van der Waals surface area contributed by atoms with Crippen molar-refractivity contribution in [3.05, 3.63) is 23.8 Å². The number of carbonyl (C=O) groups excluding carboxylic acids is 1. The van der Waals surface area contributed by atoms with Gasteiger partial charge in [0.1, 0.15) is 5.75 Å². The number of hydrogen-bond acceptors (Lipinski definition) is 5. The van der Waals surface area contributed by atoms with E-state index in [0.717, 1.165) is 5.46 Å². The number of morpholine rings is 1. The van der Waals surface area contributed by atoms with Crippen LogP contribution in [-0.4, -0.2) is 62.0 Å². The molecule has 0 bridgehead atoms. The Bertz CT molecular complexity index is 675. The van der Waals surface area contributed by atoms with Crippen molar-refractivity contribution in [1.29, 1.82) is 0 Å². The van der Waals surface area contributed by atoms with Crippen LogP contribution in [0.2, 0.25) is 0 Å². The molecule has 0 aromatic heterocycles. The molecule has 26 heavy (non-hydrogen) atoms. The summed E-state index contributed by atoms with van der Waals surface area (Å²) in [5.41, 5.74) is 0.424. The van der Waals surface area contributed by atoms with Gasteiger partial charge in [-0.05, 0) is 52.8 Å². The van der Waals surface area contributed by atoms with Crippen molar-refractivity contribution in [2.45, 2.75) is 51.9 Å². The van der Waals surface area contributed by atoms with Crippen molar-refractivity contribution in [2.24, 2.45) is 0 Å². The van der Waals surface area contributed by atoms with E-state index in [2.05, 4.69) is 0 Å². The molecular formula is C19H28BNO5. The van der Waals surface area contributed by atoms with Crippen LogP contribution in [0.25, 0.3) is 0 Å². The van der Waals surface area contributed by atoms with E-state index in [4.69, 9.17) is 18.8 Å². The zero-order chi connectivity index (χ0) is 19.1. The predicted molar refractivity (Wildman–Crippen MR) is 100 cm³/mol. The first-order valence-electron chi connectivity index (χ1n) is 9.09. The quantitative estimate of drug-likeness (QED) is 0.770. The number of hydrogen-bond donors (Lipinski definition) is 0. The lowest BCUT2D eigenvalue weighted by molar-refractivity contribution is -0.0124. The Balaban J connectivity index is 1.89. The second kappa shape index (κ2) is 6.87. The lowest BCUT2D eigenvalue weighted by atomic mass is 9.77. The van der Waals surface area contributed by atoms with Gasteiger partial charge in [-0.25, -0.2) is 0 Å². The molecule has 7 heteroatoms. The summed E-state index contributed by atoms with van der Waals surface area (Å²) in [5, 5.41) is 0. The van der Waals surface area contributed by atoms with Crippen molar-refractivity contribution in [3.8, 4) is 5.75 Å². The van der Waals surface area contributed by atoms with Gasteiger partial charge in [-0.3, -0.25) is 4.79 Å². The Morgan fingerprint density at radius 1 is 1.23 bits per heavy atom. The highest BCUT2D eigenvalue weighted by Crippen LogP contribution is 2.37. The van der Waals surface area contributed by atoms with Gasteiger partial charge in [0, 0.05) is 24.1 Å². The molecule has 2 aliphatic heterocycles. The van der Waals surface area contributed by atoms with Crippen LogP contribution in [0.15, 0.2) is 18.2 Å². The van der Waals surface area contributed by atoms with Crippen molar-refractivity contribution >= 4 is 18.5 Å². The SMILES string of the molecule is COc1ccc(C(=O)N2CCOC(C)C2)cc1B1OC(C)(C)C(C)(C)O1. The zero-order valence-electron chi connectivity index (χ0n) is 16.5. The second-order valence-corrected chi connectivity index (χ2v) is 7.98. The number of rotatable bonds is 3. The zero-order valence-corrected chi connectivity index (χ0v) is 16.5. The Morgan fingerprint density at radius 2 is 1.88 bits per heavy atom. The molecule has 2 fully saturated rings. The third-order valence-corrected chi connectivity index (χ3v) is 5.51. The Hall–Kier alpha value is -1.57. The molecule has 6 nitrogen and oxygen atoms in total. The Morgan fingerprint density at radius 3 is 2.46 bits per heavy atom. The smallest absolute Gasteiger partial charge is 0.497 e. The van der Waals surface area contributed by atoms with Gasteiger partial charge in [0.25, 0.3) is 5.91 Å². The summed E-state index contributed by atoms with van der Waals surface area (Å²) < 4.78 is 23.3. The summed E-state index contributed by atoms with van der Waals surface area (Å²) in [6.07, 6.45) is 0.0496. The fourth-order valence-corrected chi connectivity index (χ4v) is 3.21.